The summed E-state index contributed by atoms with van der Waals surface area (Å²) >= 11 is 5.84. The van der Waals surface area contributed by atoms with Gasteiger partial charge in [-0.25, -0.2) is 4.98 Å². The standard InChI is InChI=1S/C11H16ClN3O2/c12-9-5-8(13)6-10(14-9)15-11(7-16)1-3-17-4-2-11/h5-6,16H,1-4,7H2,(H3,13,14,15). The Labute approximate surface area is 105 Å². The van der Waals surface area contributed by atoms with Gasteiger partial charge in [0.2, 0.25) is 0 Å². The minimum Gasteiger partial charge on any atom is -0.399 e. The molecule has 4 N–H and O–H groups in total. The monoisotopic (exact) mass is 257 g/mol. The number of nitrogens with zero attached hydrogens (tertiary/aromatic N) is 1. The van der Waals surface area contributed by atoms with Crippen LogP contribution < -0.4 is 11.1 Å². The van der Waals surface area contributed by atoms with Gasteiger partial charge in [0.05, 0.1) is 12.1 Å². The van der Waals surface area contributed by atoms with Crippen LogP contribution >= 0.6 is 11.6 Å². The molecule has 1 aliphatic heterocycles. The second kappa shape index (κ2) is 5.08. The van der Waals surface area contributed by atoms with Crippen molar-refractivity contribution in [1.29, 1.82) is 0 Å². The fourth-order valence-electron chi connectivity index (χ4n) is 1.94. The second-order valence-electron chi connectivity index (χ2n) is 4.28. The number of rotatable bonds is 3. The van der Waals surface area contributed by atoms with Gasteiger partial charge in [-0.2, -0.15) is 0 Å². The lowest BCUT2D eigenvalue weighted by molar-refractivity contribution is 0.0378. The number of hydrogen-bond donors (Lipinski definition) is 3. The van der Waals surface area contributed by atoms with Gasteiger partial charge in [-0.1, -0.05) is 11.6 Å². The summed E-state index contributed by atoms with van der Waals surface area (Å²) in [4.78, 5) is 4.14. The van der Waals surface area contributed by atoms with Crippen molar-refractivity contribution < 1.29 is 9.84 Å². The molecule has 0 unspecified atom stereocenters. The van der Waals surface area contributed by atoms with E-state index in [1.807, 2.05) is 0 Å². The van der Waals surface area contributed by atoms with Gasteiger partial charge in [-0.05, 0) is 18.9 Å². The molecule has 0 aromatic carbocycles. The first-order valence-corrected chi connectivity index (χ1v) is 5.91. The van der Waals surface area contributed by atoms with Gasteiger partial charge in [0.25, 0.3) is 0 Å². The fourth-order valence-corrected chi connectivity index (χ4v) is 2.15. The Kier molecular flexibility index (Phi) is 3.71. The molecule has 1 saturated heterocycles. The summed E-state index contributed by atoms with van der Waals surface area (Å²) in [5.41, 5.74) is 5.86. The molecular formula is C11H16ClN3O2. The lowest BCUT2D eigenvalue weighted by atomic mass is 9.91. The maximum Gasteiger partial charge on any atom is 0.133 e. The predicted molar refractivity (Wildman–Crippen MR) is 67.2 cm³/mol. The first kappa shape index (κ1) is 12.4. The normalized spacial score (nSPS) is 18.9. The zero-order valence-corrected chi connectivity index (χ0v) is 10.2. The molecule has 1 fully saturated rings. The molecule has 0 aliphatic carbocycles. The van der Waals surface area contributed by atoms with Crippen molar-refractivity contribution in [2.24, 2.45) is 0 Å². The average molecular weight is 258 g/mol. The van der Waals surface area contributed by atoms with Crippen LogP contribution in [0.15, 0.2) is 12.1 Å². The van der Waals surface area contributed by atoms with Crippen LogP contribution in [0.5, 0.6) is 0 Å². The van der Waals surface area contributed by atoms with E-state index in [9.17, 15) is 5.11 Å². The van der Waals surface area contributed by atoms with E-state index in [4.69, 9.17) is 22.1 Å². The third-order valence-electron chi connectivity index (χ3n) is 2.96. The Morgan fingerprint density at radius 3 is 2.76 bits per heavy atom. The Bertz CT molecular complexity index is 374. The van der Waals surface area contributed by atoms with E-state index in [-0.39, 0.29) is 12.1 Å². The Morgan fingerprint density at radius 1 is 1.47 bits per heavy atom. The van der Waals surface area contributed by atoms with Crippen LogP contribution in [0.1, 0.15) is 12.8 Å². The van der Waals surface area contributed by atoms with Gasteiger partial charge in [-0.15, -0.1) is 0 Å². The maximum atomic E-state index is 9.53. The summed E-state index contributed by atoms with van der Waals surface area (Å²) in [6, 6.07) is 3.29. The zero-order valence-electron chi connectivity index (χ0n) is 9.45. The Morgan fingerprint density at radius 2 is 2.18 bits per heavy atom. The Hall–Kier alpha value is -1.04. The van der Waals surface area contributed by atoms with Crippen molar-refractivity contribution in [1.82, 2.24) is 4.98 Å². The van der Waals surface area contributed by atoms with E-state index in [0.717, 1.165) is 12.8 Å². The number of nitrogen functional groups attached to an aromatic ring is 1. The van der Waals surface area contributed by atoms with Crippen LogP contribution in [0.3, 0.4) is 0 Å². The molecule has 0 amide bonds. The van der Waals surface area contributed by atoms with Crippen molar-refractivity contribution in [2.45, 2.75) is 18.4 Å². The summed E-state index contributed by atoms with van der Waals surface area (Å²) in [6.07, 6.45) is 1.47. The molecule has 0 saturated carbocycles. The average Bonchev–Trinajstić information content (AvgIpc) is 2.29. The molecule has 1 aliphatic rings. The van der Waals surface area contributed by atoms with Gasteiger partial charge in [0.15, 0.2) is 0 Å². The largest absolute Gasteiger partial charge is 0.399 e. The van der Waals surface area contributed by atoms with Crippen molar-refractivity contribution in [3.8, 4) is 0 Å². The molecule has 6 heteroatoms. The fraction of sp³-hybridized carbons (Fsp3) is 0.545. The van der Waals surface area contributed by atoms with Crippen LogP contribution in [0, 0.1) is 0 Å². The van der Waals surface area contributed by atoms with Crippen LogP contribution in [-0.4, -0.2) is 35.5 Å². The smallest absolute Gasteiger partial charge is 0.133 e. The van der Waals surface area contributed by atoms with E-state index in [2.05, 4.69) is 10.3 Å². The predicted octanol–water partition coefficient (Wildman–Crippen LogP) is 1.27. The van der Waals surface area contributed by atoms with Gasteiger partial charge in [0.1, 0.15) is 11.0 Å². The van der Waals surface area contributed by atoms with Crippen LogP contribution in [0.25, 0.3) is 0 Å². The molecule has 2 rings (SSSR count). The number of ether oxygens (including phenoxy) is 1. The third kappa shape index (κ3) is 3.00. The van der Waals surface area contributed by atoms with Crippen molar-refractivity contribution in [2.75, 3.05) is 30.9 Å². The van der Waals surface area contributed by atoms with E-state index in [1.54, 1.807) is 12.1 Å². The highest BCUT2D eigenvalue weighted by atomic mass is 35.5. The minimum atomic E-state index is -0.387. The number of nitrogens with one attached hydrogen (secondary N) is 1. The molecule has 1 aromatic heterocycles. The number of nitrogens with two attached hydrogens (primary N) is 1. The van der Waals surface area contributed by atoms with Gasteiger partial charge in [-0.3, -0.25) is 0 Å². The number of hydrogen-bond acceptors (Lipinski definition) is 5. The summed E-state index contributed by atoms with van der Waals surface area (Å²) in [7, 11) is 0. The van der Waals surface area contributed by atoms with Crippen molar-refractivity contribution >= 4 is 23.1 Å². The SMILES string of the molecule is Nc1cc(Cl)nc(NC2(CO)CCOCC2)c1. The van der Waals surface area contributed by atoms with Crippen molar-refractivity contribution in [3.05, 3.63) is 17.3 Å². The summed E-state index contributed by atoms with van der Waals surface area (Å²) in [6.45, 7) is 1.29. The van der Waals surface area contributed by atoms with Crippen molar-refractivity contribution in [3.63, 3.8) is 0 Å². The molecule has 1 aromatic rings. The number of aromatic nitrogens is 1. The quantitative estimate of drug-likeness (QED) is 0.711. The summed E-state index contributed by atoms with van der Waals surface area (Å²) in [5, 5.41) is 13.1. The highest BCUT2D eigenvalue weighted by Crippen LogP contribution is 2.26. The molecule has 0 atom stereocenters. The molecule has 2 heterocycles. The third-order valence-corrected chi connectivity index (χ3v) is 3.16. The number of aliphatic hydroxyl groups is 1. The number of pyridine rings is 1. The molecule has 0 bridgehead atoms. The van der Waals surface area contributed by atoms with Gasteiger partial charge in [0, 0.05) is 25.0 Å². The number of halogens is 1. The van der Waals surface area contributed by atoms with E-state index >= 15 is 0 Å². The van der Waals surface area contributed by atoms with E-state index in [0.29, 0.717) is 29.9 Å². The Balaban J connectivity index is 2.17. The number of aliphatic hydroxyl groups excluding tert-OH is 1. The maximum absolute atomic E-state index is 9.53. The molecular weight excluding hydrogens is 242 g/mol. The van der Waals surface area contributed by atoms with E-state index in [1.165, 1.54) is 0 Å². The van der Waals surface area contributed by atoms with Crippen LogP contribution in [0.2, 0.25) is 5.15 Å². The van der Waals surface area contributed by atoms with Crippen LogP contribution in [-0.2, 0) is 4.74 Å². The highest BCUT2D eigenvalue weighted by Gasteiger charge is 2.32. The first-order chi connectivity index (χ1) is 8.13. The lowest BCUT2D eigenvalue weighted by Gasteiger charge is -2.36. The highest BCUT2D eigenvalue weighted by molar-refractivity contribution is 6.29. The lowest BCUT2D eigenvalue weighted by Crippen LogP contribution is -2.47. The molecule has 5 nitrogen and oxygen atoms in total. The topological polar surface area (TPSA) is 80.4 Å². The molecule has 0 spiro atoms. The first-order valence-electron chi connectivity index (χ1n) is 5.53. The summed E-state index contributed by atoms with van der Waals surface area (Å²) < 4.78 is 5.29. The molecule has 94 valence electrons. The number of anilines is 2. The minimum absolute atomic E-state index is 0.0322. The van der Waals surface area contributed by atoms with Gasteiger partial charge >= 0.3 is 0 Å². The van der Waals surface area contributed by atoms with Crippen LogP contribution in [0.4, 0.5) is 11.5 Å². The molecule has 17 heavy (non-hydrogen) atoms. The molecule has 0 radical (unpaired) electrons. The zero-order chi connectivity index (χ0) is 12.3. The van der Waals surface area contributed by atoms with E-state index < -0.39 is 0 Å². The summed E-state index contributed by atoms with van der Waals surface area (Å²) in [5.74, 6) is 0.589. The second-order valence-corrected chi connectivity index (χ2v) is 4.67. The van der Waals surface area contributed by atoms with Gasteiger partial charge < -0.3 is 20.9 Å².